The van der Waals surface area contributed by atoms with E-state index in [4.69, 9.17) is 5.73 Å². The summed E-state index contributed by atoms with van der Waals surface area (Å²) in [5, 5.41) is 0. The maximum absolute atomic E-state index is 12.0. The summed E-state index contributed by atoms with van der Waals surface area (Å²) in [7, 11) is -3.40. The Morgan fingerprint density at radius 1 is 1.32 bits per heavy atom. The van der Waals surface area contributed by atoms with Crippen LogP contribution >= 0.6 is 0 Å². The fourth-order valence-corrected chi connectivity index (χ4v) is 2.07. The van der Waals surface area contributed by atoms with Crippen molar-refractivity contribution < 1.29 is 8.42 Å². The number of sulfonamides is 1. The molecule has 0 aliphatic heterocycles. The zero-order valence-corrected chi connectivity index (χ0v) is 12.6. The standard InChI is InChI=1S/C14H20N2O2S/c1-11-10-13(8-7-12(11)6-5-9-15)16-19(17,18)14(2,3)4/h7-8,10,16H,9,15H2,1-4H3. The van der Waals surface area contributed by atoms with E-state index >= 15 is 0 Å². The maximum Gasteiger partial charge on any atom is 0.237 e. The number of benzene rings is 1. The molecule has 0 atom stereocenters. The highest BCUT2D eigenvalue weighted by Gasteiger charge is 2.28. The van der Waals surface area contributed by atoms with Crippen LogP contribution in [0.2, 0.25) is 0 Å². The van der Waals surface area contributed by atoms with Crippen molar-refractivity contribution in [3.05, 3.63) is 29.3 Å². The van der Waals surface area contributed by atoms with Gasteiger partial charge in [-0.15, -0.1) is 0 Å². The van der Waals surface area contributed by atoms with E-state index in [0.29, 0.717) is 12.2 Å². The van der Waals surface area contributed by atoms with E-state index in [0.717, 1.165) is 11.1 Å². The summed E-state index contributed by atoms with van der Waals surface area (Å²) in [5.41, 5.74) is 7.63. The van der Waals surface area contributed by atoms with Crippen molar-refractivity contribution in [3.63, 3.8) is 0 Å². The van der Waals surface area contributed by atoms with Crippen LogP contribution in [0.15, 0.2) is 18.2 Å². The number of nitrogens with two attached hydrogens (primary N) is 1. The van der Waals surface area contributed by atoms with Crippen LogP contribution in [0.1, 0.15) is 31.9 Å². The molecule has 0 spiro atoms. The molecule has 0 amide bonds. The molecular weight excluding hydrogens is 260 g/mol. The third-order valence-corrected chi connectivity index (χ3v) is 4.73. The third kappa shape index (κ3) is 3.98. The summed E-state index contributed by atoms with van der Waals surface area (Å²) >= 11 is 0. The topological polar surface area (TPSA) is 72.2 Å². The highest BCUT2D eigenvalue weighted by Crippen LogP contribution is 2.21. The molecule has 0 saturated carbocycles. The van der Waals surface area contributed by atoms with Gasteiger partial charge in [-0.05, 0) is 51.5 Å². The number of hydrogen-bond acceptors (Lipinski definition) is 3. The molecule has 1 aromatic rings. The average molecular weight is 280 g/mol. The number of hydrogen-bond donors (Lipinski definition) is 2. The Bertz CT molecular complexity index is 617. The number of rotatable bonds is 2. The van der Waals surface area contributed by atoms with Crippen LogP contribution in [-0.4, -0.2) is 19.7 Å². The number of nitrogens with one attached hydrogen (secondary N) is 1. The van der Waals surface area contributed by atoms with Gasteiger partial charge in [-0.3, -0.25) is 4.72 Å². The zero-order valence-electron chi connectivity index (χ0n) is 11.7. The van der Waals surface area contributed by atoms with Gasteiger partial charge in [-0.2, -0.15) is 0 Å². The third-order valence-electron chi connectivity index (χ3n) is 2.61. The quantitative estimate of drug-likeness (QED) is 0.812. The van der Waals surface area contributed by atoms with E-state index in [1.807, 2.05) is 6.92 Å². The summed E-state index contributed by atoms with van der Waals surface area (Å²) in [6.45, 7) is 7.16. The second-order valence-corrected chi connectivity index (χ2v) is 7.69. The van der Waals surface area contributed by atoms with E-state index in [9.17, 15) is 8.42 Å². The molecule has 4 nitrogen and oxygen atoms in total. The number of aryl methyl sites for hydroxylation is 1. The summed E-state index contributed by atoms with van der Waals surface area (Å²) < 4.78 is 25.8. The first-order valence-electron chi connectivity index (χ1n) is 5.99. The SMILES string of the molecule is Cc1cc(NS(=O)(=O)C(C)(C)C)ccc1C#CCN. The van der Waals surface area contributed by atoms with Crippen LogP contribution in [0.4, 0.5) is 5.69 Å². The van der Waals surface area contributed by atoms with Gasteiger partial charge in [0.2, 0.25) is 10.0 Å². The Morgan fingerprint density at radius 3 is 2.42 bits per heavy atom. The number of anilines is 1. The second kappa shape index (κ2) is 5.64. The Morgan fingerprint density at radius 2 is 1.95 bits per heavy atom. The first-order valence-corrected chi connectivity index (χ1v) is 7.47. The van der Waals surface area contributed by atoms with Crippen LogP contribution < -0.4 is 10.5 Å². The molecule has 0 radical (unpaired) electrons. The lowest BCUT2D eigenvalue weighted by atomic mass is 10.1. The molecule has 0 aliphatic carbocycles. The lowest BCUT2D eigenvalue weighted by Crippen LogP contribution is -2.33. The predicted molar refractivity (Wildman–Crippen MR) is 79.4 cm³/mol. The van der Waals surface area contributed by atoms with Crippen LogP contribution in [0, 0.1) is 18.8 Å². The van der Waals surface area contributed by atoms with Gasteiger partial charge in [-0.25, -0.2) is 8.42 Å². The minimum absolute atomic E-state index is 0.303. The van der Waals surface area contributed by atoms with Gasteiger partial charge in [0.25, 0.3) is 0 Å². The summed E-state index contributed by atoms with van der Waals surface area (Å²) in [6, 6.07) is 5.26. The van der Waals surface area contributed by atoms with Crippen molar-refractivity contribution in [2.75, 3.05) is 11.3 Å². The normalized spacial score (nSPS) is 11.6. The Hall–Kier alpha value is -1.51. The van der Waals surface area contributed by atoms with Crippen molar-refractivity contribution in [2.45, 2.75) is 32.4 Å². The van der Waals surface area contributed by atoms with Gasteiger partial charge in [0, 0.05) is 11.3 Å². The minimum Gasteiger partial charge on any atom is -0.320 e. The van der Waals surface area contributed by atoms with Crippen molar-refractivity contribution in [2.24, 2.45) is 5.73 Å². The lowest BCUT2D eigenvalue weighted by Gasteiger charge is -2.20. The fraction of sp³-hybridized carbons (Fsp3) is 0.429. The van der Waals surface area contributed by atoms with Gasteiger partial charge in [-0.1, -0.05) is 11.8 Å². The van der Waals surface area contributed by atoms with Crippen molar-refractivity contribution >= 4 is 15.7 Å². The van der Waals surface area contributed by atoms with Gasteiger partial charge in [0.05, 0.1) is 11.3 Å². The van der Waals surface area contributed by atoms with Crippen LogP contribution in [0.3, 0.4) is 0 Å². The zero-order chi connectivity index (χ0) is 14.7. The molecular formula is C14H20N2O2S. The Labute approximate surface area is 115 Å². The monoisotopic (exact) mass is 280 g/mol. The van der Waals surface area contributed by atoms with Crippen molar-refractivity contribution in [3.8, 4) is 11.8 Å². The highest BCUT2D eigenvalue weighted by molar-refractivity contribution is 7.94. The molecule has 0 aromatic heterocycles. The molecule has 5 heteroatoms. The van der Waals surface area contributed by atoms with E-state index in [1.165, 1.54) is 0 Å². The van der Waals surface area contributed by atoms with Crippen LogP contribution in [-0.2, 0) is 10.0 Å². The molecule has 0 aliphatic rings. The molecule has 0 saturated heterocycles. The first-order chi connectivity index (χ1) is 8.67. The minimum atomic E-state index is -3.40. The molecule has 104 valence electrons. The molecule has 0 fully saturated rings. The van der Waals surface area contributed by atoms with Crippen molar-refractivity contribution in [1.29, 1.82) is 0 Å². The summed E-state index contributed by atoms with van der Waals surface area (Å²) in [6.07, 6.45) is 0. The van der Waals surface area contributed by atoms with Gasteiger partial charge < -0.3 is 5.73 Å². The molecule has 0 heterocycles. The average Bonchev–Trinajstić information content (AvgIpc) is 2.26. The largest absolute Gasteiger partial charge is 0.320 e. The maximum atomic E-state index is 12.0. The van der Waals surface area contributed by atoms with Crippen LogP contribution in [0.25, 0.3) is 0 Å². The molecule has 19 heavy (non-hydrogen) atoms. The van der Waals surface area contributed by atoms with E-state index in [1.54, 1.807) is 39.0 Å². The Balaban J connectivity index is 3.04. The molecule has 0 unspecified atom stereocenters. The van der Waals surface area contributed by atoms with Gasteiger partial charge in [0.1, 0.15) is 0 Å². The van der Waals surface area contributed by atoms with Gasteiger partial charge >= 0.3 is 0 Å². The molecule has 0 bridgehead atoms. The molecule has 1 rings (SSSR count). The molecule has 1 aromatic carbocycles. The lowest BCUT2D eigenvalue weighted by molar-refractivity contribution is 0.566. The summed E-state index contributed by atoms with van der Waals surface area (Å²) in [4.78, 5) is 0. The Kier molecular flexibility index (Phi) is 4.61. The van der Waals surface area contributed by atoms with E-state index < -0.39 is 14.8 Å². The first kappa shape index (κ1) is 15.5. The highest BCUT2D eigenvalue weighted by atomic mass is 32.2. The van der Waals surface area contributed by atoms with Gasteiger partial charge in [0.15, 0.2) is 0 Å². The van der Waals surface area contributed by atoms with E-state index in [-0.39, 0.29) is 0 Å². The smallest absolute Gasteiger partial charge is 0.237 e. The van der Waals surface area contributed by atoms with Crippen LogP contribution in [0.5, 0.6) is 0 Å². The second-order valence-electron chi connectivity index (χ2n) is 5.25. The van der Waals surface area contributed by atoms with E-state index in [2.05, 4.69) is 16.6 Å². The predicted octanol–water partition coefficient (Wildman–Crippen LogP) is 1.85. The van der Waals surface area contributed by atoms with Crippen molar-refractivity contribution in [1.82, 2.24) is 0 Å². The molecule has 3 N–H and O–H groups in total. The fourth-order valence-electron chi connectivity index (χ4n) is 1.32. The summed E-state index contributed by atoms with van der Waals surface area (Å²) in [5.74, 6) is 5.72.